The van der Waals surface area contributed by atoms with Crippen LogP contribution >= 0.6 is 22.9 Å². The number of unbranched alkanes of at least 4 members (excludes halogenated alkanes) is 1. The lowest BCUT2D eigenvalue weighted by atomic mass is 10.2. The Bertz CT molecular complexity index is 685. The van der Waals surface area contributed by atoms with Crippen molar-refractivity contribution in [2.24, 2.45) is 12.0 Å². The van der Waals surface area contributed by atoms with Crippen molar-refractivity contribution < 1.29 is 4.79 Å². The number of nitrogens with zero attached hydrogens (tertiary/aromatic N) is 2. The summed E-state index contributed by atoms with van der Waals surface area (Å²) in [5, 5.41) is 0.718. The number of thiazole rings is 1. The smallest absolute Gasteiger partial charge is 0.248 e. The highest BCUT2D eigenvalue weighted by molar-refractivity contribution is 7.16. The van der Waals surface area contributed by atoms with Gasteiger partial charge in [-0.2, -0.15) is 4.99 Å². The molecule has 2 aromatic rings. The van der Waals surface area contributed by atoms with Gasteiger partial charge in [-0.05, 0) is 31.0 Å². The Morgan fingerprint density at radius 2 is 2.21 bits per heavy atom. The molecule has 1 heterocycles. The number of carbonyl (C=O) groups is 1. The molecule has 0 saturated carbocycles. The van der Waals surface area contributed by atoms with Crippen LogP contribution in [0, 0.1) is 6.92 Å². The fourth-order valence-electron chi connectivity index (χ4n) is 2.06. The molecular formula is C14H17ClN2OS. The summed E-state index contributed by atoms with van der Waals surface area (Å²) in [6.45, 7) is 4.09. The van der Waals surface area contributed by atoms with Gasteiger partial charge in [0.2, 0.25) is 5.91 Å². The van der Waals surface area contributed by atoms with Crippen LogP contribution in [0.25, 0.3) is 10.2 Å². The molecule has 0 unspecified atom stereocenters. The summed E-state index contributed by atoms with van der Waals surface area (Å²) in [7, 11) is 1.94. The number of halogens is 1. The zero-order chi connectivity index (χ0) is 14.0. The number of aryl methyl sites for hydroxylation is 2. The van der Waals surface area contributed by atoms with Gasteiger partial charge in [0.15, 0.2) is 4.80 Å². The fourth-order valence-corrected chi connectivity index (χ4v) is 3.55. The molecule has 0 aliphatic heterocycles. The Labute approximate surface area is 121 Å². The monoisotopic (exact) mass is 296 g/mol. The maximum Gasteiger partial charge on any atom is 0.248 e. The first kappa shape index (κ1) is 14.3. The number of hydrogen-bond donors (Lipinski definition) is 0. The summed E-state index contributed by atoms with van der Waals surface area (Å²) >= 11 is 7.56. The molecule has 0 N–H and O–H groups in total. The number of hydrogen-bond acceptors (Lipinski definition) is 2. The number of rotatable bonds is 3. The van der Waals surface area contributed by atoms with E-state index in [9.17, 15) is 4.79 Å². The van der Waals surface area contributed by atoms with Gasteiger partial charge in [0.25, 0.3) is 0 Å². The van der Waals surface area contributed by atoms with Gasteiger partial charge in [0.1, 0.15) is 0 Å². The van der Waals surface area contributed by atoms with Gasteiger partial charge >= 0.3 is 0 Å². The summed E-state index contributed by atoms with van der Waals surface area (Å²) < 4.78 is 3.03. The van der Waals surface area contributed by atoms with Crippen molar-refractivity contribution >= 4 is 39.1 Å². The largest absolute Gasteiger partial charge is 0.319 e. The first-order chi connectivity index (χ1) is 9.02. The van der Waals surface area contributed by atoms with Gasteiger partial charge < -0.3 is 4.57 Å². The highest BCUT2D eigenvalue weighted by Crippen LogP contribution is 2.25. The highest BCUT2D eigenvalue weighted by atomic mass is 35.5. The molecule has 3 nitrogen and oxygen atoms in total. The van der Waals surface area contributed by atoms with Crippen molar-refractivity contribution in [1.29, 1.82) is 0 Å². The van der Waals surface area contributed by atoms with Gasteiger partial charge in [0.05, 0.1) is 10.2 Å². The zero-order valence-corrected chi connectivity index (χ0v) is 12.9. The van der Waals surface area contributed by atoms with Gasteiger partial charge in [-0.25, -0.2) is 0 Å². The van der Waals surface area contributed by atoms with E-state index in [0.717, 1.165) is 38.4 Å². The number of carbonyl (C=O) groups excluding carboxylic acids is 1. The van der Waals surface area contributed by atoms with E-state index in [4.69, 9.17) is 11.6 Å². The molecule has 102 valence electrons. The predicted octanol–water partition coefficient (Wildman–Crippen LogP) is 3.82. The Hall–Kier alpha value is -1.13. The third-order valence-corrected chi connectivity index (χ3v) is 4.32. The van der Waals surface area contributed by atoms with Crippen molar-refractivity contribution in [1.82, 2.24) is 4.57 Å². The fraction of sp³-hybridized carbons (Fsp3) is 0.429. The minimum atomic E-state index is -0.0484. The number of amides is 1. The minimum Gasteiger partial charge on any atom is -0.319 e. The number of aromatic nitrogens is 1. The number of benzene rings is 1. The van der Waals surface area contributed by atoms with Gasteiger partial charge in [-0.1, -0.05) is 36.3 Å². The van der Waals surface area contributed by atoms with Crippen molar-refractivity contribution in [3.63, 3.8) is 0 Å². The molecule has 1 aromatic heterocycles. The Morgan fingerprint density at radius 3 is 2.89 bits per heavy atom. The van der Waals surface area contributed by atoms with Crippen LogP contribution in [0.2, 0.25) is 5.02 Å². The van der Waals surface area contributed by atoms with E-state index >= 15 is 0 Å². The van der Waals surface area contributed by atoms with E-state index in [1.54, 1.807) is 0 Å². The second kappa shape index (κ2) is 5.88. The van der Waals surface area contributed by atoms with Gasteiger partial charge in [-0.3, -0.25) is 4.79 Å². The van der Waals surface area contributed by atoms with Gasteiger partial charge in [-0.15, -0.1) is 0 Å². The molecule has 19 heavy (non-hydrogen) atoms. The molecule has 0 atom stereocenters. The standard InChI is InChI=1S/C14H17ClN2OS/c1-4-5-6-12(18)16-14-17(3)13-9(2)7-10(15)8-11(13)19-14/h7-8H,4-6H2,1-3H3. The van der Waals surface area contributed by atoms with E-state index in [1.165, 1.54) is 11.3 Å². The molecule has 0 saturated heterocycles. The second-order valence-corrected chi connectivity index (χ2v) is 6.07. The van der Waals surface area contributed by atoms with Gasteiger partial charge in [0, 0.05) is 18.5 Å². The second-order valence-electron chi connectivity index (χ2n) is 4.62. The molecule has 0 spiro atoms. The summed E-state index contributed by atoms with van der Waals surface area (Å²) in [6, 6.07) is 3.85. The van der Waals surface area contributed by atoms with E-state index in [0.29, 0.717) is 6.42 Å². The van der Waals surface area contributed by atoms with E-state index < -0.39 is 0 Å². The summed E-state index contributed by atoms with van der Waals surface area (Å²) in [5.41, 5.74) is 2.19. The molecule has 5 heteroatoms. The molecule has 1 amide bonds. The minimum absolute atomic E-state index is 0.0484. The molecule has 0 aliphatic carbocycles. The molecule has 2 rings (SSSR count). The van der Waals surface area contributed by atoms with Crippen LogP contribution in [-0.2, 0) is 11.8 Å². The van der Waals surface area contributed by atoms with Crippen molar-refractivity contribution in [3.8, 4) is 0 Å². The van der Waals surface area contributed by atoms with Crippen molar-refractivity contribution in [2.75, 3.05) is 0 Å². The SMILES string of the molecule is CCCCC(=O)N=c1sc2cc(Cl)cc(C)c2n1C. The Kier molecular flexibility index (Phi) is 4.42. The topological polar surface area (TPSA) is 34.4 Å². The molecule has 0 fully saturated rings. The average Bonchev–Trinajstić information content (AvgIpc) is 2.63. The summed E-state index contributed by atoms with van der Waals surface area (Å²) in [6.07, 6.45) is 2.42. The highest BCUT2D eigenvalue weighted by Gasteiger charge is 2.08. The van der Waals surface area contributed by atoms with E-state index in [-0.39, 0.29) is 5.91 Å². The summed E-state index contributed by atoms with van der Waals surface area (Å²) in [5.74, 6) is -0.0484. The lowest BCUT2D eigenvalue weighted by Gasteiger charge is -2.00. The van der Waals surface area contributed by atoms with Crippen LogP contribution in [0.15, 0.2) is 17.1 Å². The quantitative estimate of drug-likeness (QED) is 0.848. The third-order valence-electron chi connectivity index (χ3n) is 3.02. The zero-order valence-electron chi connectivity index (χ0n) is 11.4. The normalized spacial score (nSPS) is 12.3. The van der Waals surface area contributed by atoms with E-state index in [1.807, 2.05) is 30.7 Å². The molecule has 0 radical (unpaired) electrons. The first-order valence-corrected chi connectivity index (χ1v) is 7.55. The van der Waals surface area contributed by atoms with E-state index in [2.05, 4.69) is 11.9 Å². The van der Waals surface area contributed by atoms with Crippen LogP contribution in [0.3, 0.4) is 0 Å². The van der Waals surface area contributed by atoms with Crippen LogP contribution in [0.5, 0.6) is 0 Å². The molecule has 0 bridgehead atoms. The Morgan fingerprint density at radius 1 is 1.47 bits per heavy atom. The molecule has 1 aromatic carbocycles. The Balaban J connectivity index is 2.51. The third kappa shape index (κ3) is 3.07. The van der Waals surface area contributed by atoms with Crippen molar-refractivity contribution in [2.45, 2.75) is 33.1 Å². The molecule has 0 aliphatic rings. The lowest BCUT2D eigenvalue weighted by Crippen LogP contribution is -2.13. The maximum atomic E-state index is 11.8. The summed E-state index contributed by atoms with van der Waals surface area (Å²) in [4.78, 5) is 16.7. The average molecular weight is 297 g/mol. The molecular weight excluding hydrogens is 280 g/mol. The van der Waals surface area contributed by atoms with Crippen molar-refractivity contribution in [3.05, 3.63) is 27.5 Å². The van der Waals surface area contributed by atoms with Crippen LogP contribution in [0.4, 0.5) is 0 Å². The number of fused-ring (bicyclic) bond motifs is 1. The van der Waals surface area contributed by atoms with Crippen LogP contribution in [-0.4, -0.2) is 10.5 Å². The van der Waals surface area contributed by atoms with Crippen LogP contribution < -0.4 is 4.80 Å². The van der Waals surface area contributed by atoms with Crippen LogP contribution in [0.1, 0.15) is 31.7 Å². The lowest BCUT2D eigenvalue weighted by molar-refractivity contribution is -0.118. The predicted molar refractivity (Wildman–Crippen MR) is 80.6 cm³/mol. The maximum absolute atomic E-state index is 11.8. The first-order valence-electron chi connectivity index (χ1n) is 6.36.